The van der Waals surface area contributed by atoms with Crippen LogP contribution in [0.25, 0.3) is 0 Å². The van der Waals surface area contributed by atoms with E-state index in [4.69, 9.17) is 5.73 Å². The van der Waals surface area contributed by atoms with Gasteiger partial charge in [0.15, 0.2) is 0 Å². The molecule has 0 bridgehead atoms. The summed E-state index contributed by atoms with van der Waals surface area (Å²) in [5.41, 5.74) is 6.85. The summed E-state index contributed by atoms with van der Waals surface area (Å²) in [5, 5.41) is 3.01. The van der Waals surface area contributed by atoms with Crippen molar-refractivity contribution in [1.29, 1.82) is 0 Å². The zero-order valence-corrected chi connectivity index (χ0v) is 14.5. The molecular formula is C15H24BrClN2O. The molecule has 0 aliphatic heterocycles. The van der Waals surface area contributed by atoms with Gasteiger partial charge in [0.25, 0.3) is 0 Å². The maximum Gasteiger partial charge on any atom is 0.220 e. The third-order valence-electron chi connectivity index (χ3n) is 2.96. The fraction of sp³-hybridized carbons (Fsp3) is 0.533. The summed E-state index contributed by atoms with van der Waals surface area (Å²) in [5.74, 6) is 0.624. The Morgan fingerprint density at radius 3 is 2.40 bits per heavy atom. The highest BCUT2D eigenvalue weighted by Crippen LogP contribution is 2.12. The predicted molar refractivity (Wildman–Crippen MR) is 90.2 cm³/mol. The highest BCUT2D eigenvalue weighted by Gasteiger charge is 2.12. The van der Waals surface area contributed by atoms with Crippen LogP contribution in [0.2, 0.25) is 0 Å². The Morgan fingerprint density at radius 1 is 1.30 bits per heavy atom. The van der Waals surface area contributed by atoms with E-state index in [2.05, 4.69) is 35.1 Å². The molecule has 0 radical (unpaired) electrons. The van der Waals surface area contributed by atoms with Gasteiger partial charge in [0.2, 0.25) is 5.91 Å². The molecule has 20 heavy (non-hydrogen) atoms. The average molecular weight is 364 g/mol. The van der Waals surface area contributed by atoms with Crippen molar-refractivity contribution in [3.63, 3.8) is 0 Å². The molecule has 1 aromatic rings. The van der Waals surface area contributed by atoms with Crippen molar-refractivity contribution in [1.82, 2.24) is 5.32 Å². The van der Waals surface area contributed by atoms with Crippen molar-refractivity contribution < 1.29 is 4.79 Å². The van der Waals surface area contributed by atoms with Gasteiger partial charge in [0.05, 0.1) is 0 Å². The van der Waals surface area contributed by atoms with Gasteiger partial charge in [0.1, 0.15) is 0 Å². The third kappa shape index (κ3) is 7.88. The Labute approximate surface area is 136 Å². The van der Waals surface area contributed by atoms with Crippen LogP contribution in [0.1, 0.15) is 32.3 Å². The Hall–Kier alpha value is -0.580. The first-order chi connectivity index (χ1) is 9.01. The summed E-state index contributed by atoms with van der Waals surface area (Å²) >= 11 is 3.40. The van der Waals surface area contributed by atoms with Gasteiger partial charge in [0, 0.05) is 23.5 Å². The highest BCUT2D eigenvalue weighted by molar-refractivity contribution is 9.10. The molecule has 0 heterocycles. The summed E-state index contributed by atoms with van der Waals surface area (Å²) in [6.45, 7) is 4.77. The second kappa shape index (κ2) is 10.2. The standard InChI is InChI=1S/C15H23BrN2O.ClH/c1-11(2)9-14(10-17)18-15(19)8-5-12-3-6-13(16)7-4-12;/h3-4,6-7,11,14H,5,8-10,17H2,1-2H3,(H,18,19);1H. The lowest BCUT2D eigenvalue weighted by Crippen LogP contribution is -2.41. The number of rotatable bonds is 7. The van der Waals surface area contributed by atoms with E-state index in [-0.39, 0.29) is 24.4 Å². The lowest BCUT2D eigenvalue weighted by atomic mass is 10.0. The van der Waals surface area contributed by atoms with Gasteiger partial charge < -0.3 is 11.1 Å². The quantitative estimate of drug-likeness (QED) is 0.781. The Balaban J connectivity index is 0.00000361. The Morgan fingerprint density at radius 2 is 1.90 bits per heavy atom. The smallest absolute Gasteiger partial charge is 0.220 e. The first-order valence-corrected chi connectivity index (χ1v) is 7.54. The minimum Gasteiger partial charge on any atom is -0.352 e. The first kappa shape index (κ1) is 19.4. The predicted octanol–water partition coefficient (Wildman–Crippen LogP) is 3.29. The number of hydrogen-bond donors (Lipinski definition) is 2. The second-order valence-electron chi connectivity index (χ2n) is 5.26. The number of carbonyl (C=O) groups is 1. The van der Waals surface area contributed by atoms with Gasteiger partial charge in [-0.3, -0.25) is 4.79 Å². The Kier molecular flexibility index (Phi) is 9.90. The molecule has 0 aliphatic rings. The van der Waals surface area contributed by atoms with E-state index >= 15 is 0 Å². The van der Waals surface area contributed by atoms with Gasteiger partial charge in [-0.05, 0) is 36.5 Å². The van der Waals surface area contributed by atoms with Crippen LogP contribution in [-0.2, 0) is 11.2 Å². The number of hydrogen-bond acceptors (Lipinski definition) is 2. The molecule has 0 saturated carbocycles. The molecular weight excluding hydrogens is 340 g/mol. The zero-order valence-electron chi connectivity index (χ0n) is 12.1. The molecule has 0 aromatic heterocycles. The van der Waals surface area contributed by atoms with Crippen LogP contribution in [0.5, 0.6) is 0 Å². The van der Waals surface area contributed by atoms with E-state index in [1.165, 1.54) is 5.56 Å². The monoisotopic (exact) mass is 362 g/mol. The minimum absolute atomic E-state index is 0. The molecule has 0 spiro atoms. The van der Waals surface area contributed by atoms with Gasteiger partial charge in [-0.25, -0.2) is 0 Å². The fourth-order valence-corrected chi connectivity index (χ4v) is 2.26. The fourth-order valence-electron chi connectivity index (χ4n) is 1.99. The molecule has 1 unspecified atom stereocenters. The number of amides is 1. The second-order valence-corrected chi connectivity index (χ2v) is 6.17. The number of benzene rings is 1. The van der Waals surface area contributed by atoms with Crippen molar-refractivity contribution in [2.45, 2.75) is 39.2 Å². The molecule has 3 N–H and O–H groups in total. The van der Waals surface area contributed by atoms with Crippen LogP contribution in [0.3, 0.4) is 0 Å². The van der Waals surface area contributed by atoms with Crippen LogP contribution in [-0.4, -0.2) is 18.5 Å². The number of nitrogens with one attached hydrogen (secondary N) is 1. The molecule has 1 amide bonds. The number of carbonyl (C=O) groups excluding carboxylic acids is 1. The summed E-state index contributed by atoms with van der Waals surface area (Å²) < 4.78 is 1.06. The molecule has 0 saturated heterocycles. The summed E-state index contributed by atoms with van der Waals surface area (Å²) in [6.07, 6.45) is 2.20. The largest absolute Gasteiger partial charge is 0.352 e. The SMILES string of the molecule is CC(C)CC(CN)NC(=O)CCc1ccc(Br)cc1.Cl. The van der Waals surface area contributed by atoms with Crippen LogP contribution in [0.4, 0.5) is 0 Å². The minimum atomic E-state index is 0. The van der Waals surface area contributed by atoms with Crippen molar-refractivity contribution >= 4 is 34.2 Å². The topological polar surface area (TPSA) is 55.1 Å². The molecule has 0 aliphatic carbocycles. The number of halogens is 2. The molecule has 5 heteroatoms. The first-order valence-electron chi connectivity index (χ1n) is 6.75. The van der Waals surface area contributed by atoms with Gasteiger partial charge in [-0.1, -0.05) is 41.9 Å². The molecule has 1 aromatic carbocycles. The van der Waals surface area contributed by atoms with E-state index in [1.54, 1.807) is 0 Å². The van der Waals surface area contributed by atoms with Gasteiger partial charge >= 0.3 is 0 Å². The van der Waals surface area contributed by atoms with Crippen LogP contribution < -0.4 is 11.1 Å². The maximum absolute atomic E-state index is 11.9. The molecule has 114 valence electrons. The highest BCUT2D eigenvalue weighted by atomic mass is 79.9. The van der Waals surface area contributed by atoms with E-state index in [1.807, 2.05) is 24.3 Å². The van der Waals surface area contributed by atoms with Crippen LogP contribution in [0, 0.1) is 5.92 Å². The molecule has 0 fully saturated rings. The number of aryl methyl sites for hydroxylation is 1. The number of nitrogens with two attached hydrogens (primary N) is 1. The molecule has 1 atom stereocenters. The lowest BCUT2D eigenvalue weighted by molar-refractivity contribution is -0.121. The van der Waals surface area contributed by atoms with Crippen LogP contribution in [0.15, 0.2) is 28.7 Å². The zero-order chi connectivity index (χ0) is 14.3. The molecule has 1 rings (SSSR count). The summed E-state index contributed by atoms with van der Waals surface area (Å²) in [6, 6.07) is 8.15. The van der Waals surface area contributed by atoms with Crippen molar-refractivity contribution in [2.75, 3.05) is 6.54 Å². The van der Waals surface area contributed by atoms with Crippen molar-refractivity contribution in [2.24, 2.45) is 11.7 Å². The maximum atomic E-state index is 11.9. The average Bonchev–Trinajstić information content (AvgIpc) is 2.36. The van der Waals surface area contributed by atoms with E-state index in [0.29, 0.717) is 18.9 Å². The van der Waals surface area contributed by atoms with Crippen molar-refractivity contribution in [3.8, 4) is 0 Å². The summed E-state index contributed by atoms with van der Waals surface area (Å²) in [7, 11) is 0. The van der Waals surface area contributed by atoms with Gasteiger partial charge in [-0.2, -0.15) is 0 Å². The van der Waals surface area contributed by atoms with Crippen LogP contribution >= 0.6 is 28.3 Å². The van der Waals surface area contributed by atoms with E-state index < -0.39 is 0 Å². The van der Waals surface area contributed by atoms with Crippen molar-refractivity contribution in [3.05, 3.63) is 34.3 Å². The van der Waals surface area contributed by atoms with Gasteiger partial charge in [-0.15, -0.1) is 12.4 Å². The van der Waals surface area contributed by atoms with E-state index in [9.17, 15) is 4.79 Å². The normalized spacial score (nSPS) is 11.8. The Bertz CT molecular complexity index is 395. The lowest BCUT2D eigenvalue weighted by Gasteiger charge is -2.18. The van der Waals surface area contributed by atoms with E-state index in [0.717, 1.165) is 17.3 Å². The summed E-state index contributed by atoms with van der Waals surface area (Å²) in [4.78, 5) is 11.9. The molecule has 3 nitrogen and oxygen atoms in total. The third-order valence-corrected chi connectivity index (χ3v) is 3.49.